The molecule has 37 heavy (non-hydrogen) atoms. The lowest BCUT2D eigenvalue weighted by Gasteiger charge is -2.38. The number of carbonyl (C=O) groups excluding carboxylic acids is 1. The van der Waals surface area contributed by atoms with Crippen molar-refractivity contribution < 1.29 is 9.53 Å². The van der Waals surface area contributed by atoms with Crippen LogP contribution in [0, 0.1) is 0 Å². The zero-order valence-corrected chi connectivity index (χ0v) is 21.0. The van der Waals surface area contributed by atoms with E-state index >= 15 is 0 Å². The maximum Gasteiger partial charge on any atom is 0.244 e. The van der Waals surface area contributed by atoms with Crippen LogP contribution >= 0.6 is 0 Å². The molecule has 0 saturated carbocycles. The number of aromatic amines is 1. The van der Waals surface area contributed by atoms with Crippen molar-refractivity contribution in [3.8, 4) is 16.9 Å². The van der Waals surface area contributed by atoms with E-state index in [0.717, 1.165) is 59.6 Å². The molecule has 3 aliphatic heterocycles. The highest BCUT2D eigenvalue weighted by Crippen LogP contribution is 2.36. The molecule has 2 unspecified atom stereocenters. The number of rotatable bonds is 4. The highest BCUT2D eigenvalue weighted by Gasteiger charge is 2.43. The highest BCUT2D eigenvalue weighted by atomic mass is 16.5. The molecule has 3 aromatic heterocycles. The Hall–Kier alpha value is -3.76. The van der Waals surface area contributed by atoms with Crippen LogP contribution in [0.5, 0.6) is 0 Å². The zero-order valence-electron chi connectivity index (χ0n) is 21.0. The van der Waals surface area contributed by atoms with Gasteiger partial charge in [-0.15, -0.1) is 0 Å². The lowest BCUT2D eigenvalue weighted by atomic mass is 10.0. The van der Waals surface area contributed by atoms with Gasteiger partial charge in [0.1, 0.15) is 5.82 Å². The Kier molecular flexibility index (Phi) is 5.26. The van der Waals surface area contributed by atoms with Crippen LogP contribution in [-0.2, 0) is 9.53 Å². The number of ether oxygens (including phenoxy) is 1. The molecule has 1 N–H and O–H groups in total. The molecule has 190 valence electrons. The topological polar surface area (TPSA) is 95.4 Å². The Labute approximate surface area is 214 Å². The van der Waals surface area contributed by atoms with E-state index in [0.29, 0.717) is 25.1 Å². The van der Waals surface area contributed by atoms with Crippen LogP contribution in [-0.4, -0.2) is 87.2 Å². The second-order valence-electron chi connectivity index (χ2n) is 10.3. The minimum Gasteiger partial charge on any atom is -0.377 e. The van der Waals surface area contributed by atoms with Gasteiger partial charge in [-0.2, -0.15) is 14.9 Å². The largest absolute Gasteiger partial charge is 0.377 e. The fourth-order valence-electron chi connectivity index (χ4n) is 6.04. The SMILES string of the molecule is C[C@@H]1COCCN1c1cc(-c2ccc(N3CC4CCC(C3=O)N4C)cc2)c2cnn(-c3cc[nH]n3)c2n1. The fraction of sp³-hybridized carbons (Fsp3) is 0.407. The molecular weight excluding hydrogens is 468 g/mol. The first-order chi connectivity index (χ1) is 18.1. The van der Waals surface area contributed by atoms with Gasteiger partial charge in [-0.3, -0.25) is 14.8 Å². The normalized spacial score (nSPS) is 24.4. The van der Waals surface area contributed by atoms with Crippen molar-refractivity contribution in [2.24, 2.45) is 0 Å². The van der Waals surface area contributed by atoms with Crippen molar-refractivity contribution in [1.82, 2.24) is 29.9 Å². The molecule has 4 aromatic rings. The number of anilines is 2. The van der Waals surface area contributed by atoms with Crippen LogP contribution in [0.4, 0.5) is 11.5 Å². The van der Waals surface area contributed by atoms with Gasteiger partial charge in [0.25, 0.3) is 0 Å². The summed E-state index contributed by atoms with van der Waals surface area (Å²) in [5, 5.41) is 12.8. The van der Waals surface area contributed by atoms with Crippen LogP contribution in [0.2, 0.25) is 0 Å². The Balaban J connectivity index is 1.30. The quantitative estimate of drug-likeness (QED) is 0.462. The number of likely N-dealkylation sites (N-methyl/N-ethyl adjacent to an activating group) is 1. The third-order valence-electron chi connectivity index (χ3n) is 8.17. The van der Waals surface area contributed by atoms with Gasteiger partial charge in [0, 0.05) is 42.5 Å². The third kappa shape index (κ3) is 3.62. The van der Waals surface area contributed by atoms with Gasteiger partial charge in [-0.1, -0.05) is 12.1 Å². The molecule has 10 nitrogen and oxygen atoms in total. The number of hydrogen-bond acceptors (Lipinski definition) is 7. The molecule has 1 amide bonds. The van der Waals surface area contributed by atoms with Gasteiger partial charge in [-0.05, 0) is 56.1 Å². The molecule has 0 radical (unpaired) electrons. The molecule has 2 bridgehead atoms. The number of nitrogens with one attached hydrogen (secondary N) is 1. The molecule has 3 aliphatic rings. The Bertz CT molecular complexity index is 1450. The van der Waals surface area contributed by atoms with Gasteiger partial charge in [-0.25, -0.2) is 4.98 Å². The van der Waals surface area contributed by atoms with E-state index in [2.05, 4.69) is 69.4 Å². The van der Waals surface area contributed by atoms with Crippen molar-refractivity contribution in [3.05, 3.63) is 48.8 Å². The molecule has 3 saturated heterocycles. The minimum atomic E-state index is 0.00389. The van der Waals surface area contributed by atoms with Gasteiger partial charge >= 0.3 is 0 Å². The molecule has 0 aliphatic carbocycles. The first-order valence-corrected chi connectivity index (χ1v) is 13.0. The minimum absolute atomic E-state index is 0.00389. The second-order valence-corrected chi connectivity index (χ2v) is 10.3. The molecule has 10 heteroatoms. The van der Waals surface area contributed by atoms with Crippen LogP contribution in [0.25, 0.3) is 28.0 Å². The molecule has 3 atom stereocenters. The Morgan fingerprint density at radius 1 is 1.11 bits per heavy atom. The van der Waals surface area contributed by atoms with Crippen molar-refractivity contribution in [3.63, 3.8) is 0 Å². The summed E-state index contributed by atoms with van der Waals surface area (Å²) in [6.45, 7) is 5.03. The van der Waals surface area contributed by atoms with E-state index in [1.165, 1.54) is 0 Å². The number of fused-ring (bicyclic) bond motifs is 3. The summed E-state index contributed by atoms with van der Waals surface area (Å²) in [5.41, 5.74) is 3.83. The first-order valence-electron chi connectivity index (χ1n) is 13.0. The number of piperazine rings is 1. The van der Waals surface area contributed by atoms with Crippen molar-refractivity contribution in [2.45, 2.75) is 37.9 Å². The number of pyridine rings is 1. The van der Waals surface area contributed by atoms with Gasteiger partial charge < -0.3 is 14.5 Å². The van der Waals surface area contributed by atoms with Crippen LogP contribution < -0.4 is 9.80 Å². The number of hydrogen-bond donors (Lipinski definition) is 1. The average Bonchev–Trinajstić information content (AvgIpc) is 3.65. The fourth-order valence-corrected chi connectivity index (χ4v) is 6.04. The first kappa shape index (κ1) is 22.4. The number of H-pyrrole nitrogens is 1. The number of nitrogens with zero attached hydrogens (tertiary/aromatic N) is 7. The number of benzene rings is 1. The predicted octanol–water partition coefficient (Wildman–Crippen LogP) is 2.85. The van der Waals surface area contributed by atoms with Crippen LogP contribution in [0.3, 0.4) is 0 Å². The predicted molar refractivity (Wildman–Crippen MR) is 141 cm³/mol. The Morgan fingerprint density at radius 2 is 1.97 bits per heavy atom. The van der Waals surface area contributed by atoms with Crippen LogP contribution in [0.15, 0.2) is 48.8 Å². The Morgan fingerprint density at radius 3 is 2.76 bits per heavy atom. The van der Waals surface area contributed by atoms with E-state index in [1.807, 2.05) is 17.2 Å². The lowest BCUT2D eigenvalue weighted by molar-refractivity contribution is -0.124. The third-order valence-corrected chi connectivity index (χ3v) is 8.17. The van der Waals surface area contributed by atoms with Crippen molar-refractivity contribution >= 4 is 28.4 Å². The highest BCUT2D eigenvalue weighted by molar-refractivity contribution is 5.99. The van der Waals surface area contributed by atoms with E-state index in [1.54, 1.807) is 10.9 Å². The van der Waals surface area contributed by atoms with Gasteiger partial charge in [0.05, 0.1) is 31.5 Å². The molecule has 0 spiro atoms. The van der Waals surface area contributed by atoms with Crippen molar-refractivity contribution in [1.29, 1.82) is 0 Å². The number of morpholine rings is 1. The summed E-state index contributed by atoms with van der Waals surface area (Å²) < 4.78 is 7.45. The number of amides is 1. The monoisotopic (exact) mass is 498 g/mol. The van der Waals surface area contributed by atoms with Gasteiger partial charge in [0.15, 0.2) is 11.5 Å². The summed E-state index contributed by atoms with van der Waals surface area (Å²) in [6.07, 6.45) is 5.67. The summed E-state index contributed by atoms with van der Waals surface area (Å²) in [4.78, 5) is 24.7. The van der Waals surface area contributed by atoms with Crippen molar-refractivity contribution in [2.75, 3.05) is 43.2 Å². The summed E-state index contributed by atoms with van der Waals surface area (Å²) in [7, 11) is 2.07. The van der Waals surface area contributed by atoms with E-state index < -0.39 is 0 Å². The maximum absolute atomic E-state index is 13.1. The summed E-state index contributed by atoms with van der Waals surface area (Å²) in [6, 6.07) is 13.0. The summed E-state index contributed by atoms with van der Waals surface area (Å²) >= 11 is 0. The van der Waals surface area contributed by atoms with Crippen LogP contribution in [0.1, 0.15) is 19.8 Å². The second kappa shape index (κ2) is 8.67. The standard InChI is InChI=1S/C27H30N8O2/c1-17-16-37-12-11-33(17)25-13-21(22-14-29-35(26(22)30-25)24-9-10-28-31-24)18-3-5-19(6-4-18)34-15-20-7-8-23(27(34)36)32(20)2/h3-6,9-10,13-14,17,20,23H,7-8,11-12,15-16H2,1-2H3,(H,28,31)/t17-,20?,23?/m1/s1. The number of carbonyl (C=O) groups is 1. The smallest absolute Gasteiger partial charge is 0.244 e. The van der Waals surface area contributed by atoms with E-state index in [4.69, 9.17) is 9.72 Å². The van der Waals surface area contributed by atoms with E-state index in [-0.39, 0.29) is 18.0 Å². The summed E-state index contributed by atoms with van der Waals surface area (Å²) in [5.74, 6) is 1.80. The molecule has 1 aromatic carbocycles. The average molecular weight is 499 g/mol. The maximum atomic E-state index is 13.1. The molecule has 3 fully saturated rings. The molecule has 7 rings (SSSR count). The number of aromatic nitrogens is 5. The lowest BCUT2D eigenvalue weighted by Crippen LogP contribution is -2.55. The zero-order chi connectivity index (χ0) is 25.1. The van der Waals surface area contributed by atoms with E-state index in [9.17, 15) is 4.79 Å². The molecule has 6 heterocycles. The van der Waals surface area contributed by atoms with Gasteiger partial charge in [0.2, 0.25) is 5.91 Å². The molecular formula is C27H30N8O2.